The van der Waals surface area contributed by atoms with Crippen molar-refractivity contribution in [2.75, 3.05) is 26.4 Å². The summed E-state index contributed by atoms with van der Waals surface area (Å²) in [6.45, 7) is 2.09. The number of aliphatic hydroxyl groups excluding tert-OH is 1. The highest BCUT2D eigenvalue weighted by Crippen LogP contribution is 2.20. The zero-order valence-corrected chi connectivity index (χ0v) is 11.6. The van der Waals surface area contributed by atoms with E-state index in [1.54, 1.807) is 0 Å². The van der Waals surface area contributed by atoms with E-state index in [-0.39, 0.29) is 36.6 Å². The van der Waals surface area contributed by atoms with E-state index in [0.717, 1.165) is 12.1 Å². The maximum Gasteiger partial charge on any atom is 0.270 e. The Morgan fingerprint density at radius 2 is 2.19 bits per heavy atom. The van der Waals surface area contributed by atoms with Gasteiger partial charge in [0.05, 0.1) is 23.7 Å². The van der Waals surface area contributed by atoms with Crippen molar-refractivity contribution in [1.29, 1.82) is 0 Å². The number of hydrogen-bond acceptors (Lipinski definition) is 5. The molecule has 0 aromatic heterocycles. The van der Waals surface area contributed by atoms with Crippen LogP contribution in [0.15, 0.2) is 12.1 Å². The van der Waals surface area contributed by atoms with E-state index in [1.165, 1.54) is 6.92 Å². The van der Waals surface area contributed by atoms with Crippen molar-refractivity contribution in [3.05, 3.63) is 39.2 Å². The van der Waals surface area contributed by atoms with Gasteiger partial charge in [0.15, 0.2) is 0 Å². The molecule has 0 atom stereocenters. The number of rotatable bonds is 8. The van der Waals surface area contributed by atoms with Crippen LogP contribution in [0.1, 0.15) is 22.3 Å². The highest BCUT2D eigenvalue weighted by atomic mass is 19.1. The molecule has 21 heavy (non-hydrogen) atoms. The van der Waals surface area contributed by atoms with E-state index in [9.17, 15) is 19.3 Å². The Morgan fingerprint density at radius 1 is 1.48 bits per heavy atom. The van der Waals surface area contributed by atoms with Crippen LogP contribution >= 0.6 is 0 Å². The van der Waals surface area contributed by atoms with Crippen LogP contribution in [0.2, 0.25) is 0 Å². The largest absolute Gasteiger partial charge is 0.394 e. The zero-order chi connectivity index (χ0) is 15.8. The van der Waals surface area contributed by atoms with Gasteiger partial charge in [0.2, 0.25) is 0 Å². The summed E-state index contributed by atoms with van der Waals surface area (Å²) in [6.07, 6.45) is 0.487. The Bertz CT molecular complexity index is 522. The molecule has 2 N–H and O–H groups in total. The van der Waals surface area contributed by atoms with Gasteiger partial charge in [0.1, 0.15) is 5.82 Å². The summed E-state index contributed by atoms with van der Waals surface area (Å²) in [7, 11) is 0. The maximum absolute atomic E-state index is 13.8. The number of nitro groups is 1. The second-order valence-corrected chi connectivity index (χ2v) is 4.33. The van der Waals surface area contributed by atoms with Crippen LogP contribution in [0.4, 0.5) is 10.1 Å². The van der Waals surface area contributed by atoms with Crippen LogP contribution in [0, 0.1) is 22.9 Å². The van der Waals surface area contributed by atoms with E-state index in [0.29, 0.717) is 13.0 Å². The minimum absolute atomic E-state index is 0.0422. The van der Waals surface area contributed by atoms with Gasteiger partial charge in [-0.3, -0.25) is 14.9 Å². The van der Waals surface area contributed by atoms with Crippen molar-refractivity contribution in [1.82, 2.24) is 5.32 Å². The van der Waals surface area contributed by atoms with E-state index < -0.39 is 16.6 Å². The number of hydrogen-bond donors (Lipinski definition) is 2. The molecule has 1 aromatic carbocycles. The van der Waals surface area contributed by atoms with Crippen LogP contribution < -0.4 is 5.32 Å². The van der Waals surface area contributed by atoms with Crippen molar-refractivity contribution < 1.29 is 24.0 Å². The number of nitrogens with zero attached hydrogens (tertiary/aromatic N) is 1. The molecule has 0 bridgehead atoms. The summed E-state index contributed by atoms with van der Waals surface area (Å²) in [4.78, 5) is 21.9. The average Bonchev–Trinajstić information content (AvgIpc) is 2.44. The predicted octanol–water partition coefficient (Wildman–Crippen LogP) is 1.17. The van der Waals surface area contributed by atoms with Crippen molar-refractivity contribution in [3.63, 3.8) is 0 Å². The fourth-order valence-electron chi connectivity index (χ4n) is 1.66. The van der Waals surface area contributed by atoms with Gasteiger partial charge in [-0.1, -0.05) is 0 Å². The summed E-state index contributed by atoms with van der Waals surface area (Å²) in [5.41, 5.74) is -0.635. The normalized spacial score (nSPS) is 10.4. The number of amides is 1. The molecule has 7 nitrogen and oxygen atoms in total. The van der Waals surface area contributed by atoms with Crippen LogP contribution in [-0.4, -0.2) is 42.3 Å². The van der Waals surface area contributed by atoms with E-state index in [1.807, 2.05) is 0 Å². The molecule has 0 fully saturated rings. The molecule has 0 saturated carbocycles. The molecule has 1 amide bonds. The molecule has 0 heterocycles. The maximum atomic E-state index is 13.8. The Hall–Kier alpha value is -2.06. The first-order valence-electron chi connectivity index (χ1n) is 6.38. The predicted molar refractivity (Wildman–Crippen MR) is 72.6 cm³/mol. The summed E-state index contributed by atoms with van der Waals surface area (Å²) >= 11 is 0. The number of nitrogens with one attached hydrogen (secondary N) is 1. The number of aryl methyl sites for hydroxylation is 1. The lowest BCUT2D eigenvalue weighted by atomic mass is 10.1. The van der Waals surface area contributed by atoms with Gasteiger partial charge < -0.3 is 15.2 Å². The van der Waals surface area contributed by atoms with Crippen molar-refractivity contribution in [3.8, 4) is 0 Å². The van der Waals surface area contributed by atoms with E-state index in [2.05, 4.69) is 5.32 Å². The monoisotopic (exact) mass is 300 g/mol. The van der Waals surface area contributed by atoms with E-state index in [4.69, 9.17) is 9.84 Å². The molecule has 0 spiro atoms. The molecule has 0 saturated heterocycles. The number of carbonyl (C=O) groups excluding carboxylic acids is 1. The van der Waals surface area contributed by atoms with Crippen LogP contribution in [0.3, 0.4) is 0 Å². The smallest absolute Gasteiger partial charge is 0.270 e. The van der Waals surface area contributed by atoms with E-state index >= 15 is 0 Å². The number of non-ortho nitro benzene ring substituents is 1. The molecule has 1 rings (SSSR count). The van der Waals surface area contributed by atoms with Crippen molar-refractivity contribution >= 4 is 11.6 Å². The lowest BCUT2D eigenvalue weighted by molar-refractivity contribution is -0.385. The highest BCUT2D eigenvalue weighted by Gasteiger charge is 2.19. The Balaban J connectivity index is 2.63. The lowest BCUT2D eigenvalue weighted by Crippen LogP contribution is -2.26. The molecule has 116 valence electrons. The van der Waals surface area contributed by atoms with Crippen molar-refractivity contribution in [2.24, 2.45) is 0 Å². The number of ether oxygens (including phenoxy) is 1. The average molecular weight is 300 g/mol. The van der Waals surface area contributed by atoms with Gasteiger partial charge in [-0.15, -0.1) is 0 Å². The lowest BCUT2D eigenvalue weighted by Gasteiger charge is -2.08. The van der Waals surface area contributed by atoms with Gasteiger partial charge in [0, 0.05) is 25.3 Å². The zero-order valence-electron chi connectivity index (χ0n) is 11.6. The summed E-state index contributed by atoms with van der Waals surface area (Å²) < 4.78 is 18.8. The summed E-state index contributed by atoms with van der Waals surface area (Å²) in [6, 6.07) is 1.99. The molecule has 0 aliphatic carbocycles. The van der Waals surface area contributed by atoms with Gasteiger partial charge in [0.25, 0.3) is 11.6 Å². The van der Waals surface area contributed by atoms with Gasteiger partial charge in [-0.2, -0.15) is 0 Å². The Kier molecular flexibility index (Phi) is 6.70. The summed E-state index contributed by atoms with van der Waals surface area (Å²) in [5, 5.41) is 21.7. The fourth-order valence-corrected chi connectivity index (χ4v) is 1.66. The second kappa shape index (κ2) is 8.28. The van der Waals surface area contributed by atoms with Gasteiger partial charge in [-0.05, 0) is 18.9 Å². The van der Waals surface area contributed by atoms with Crippen LogP contribution in [0.25, 0.3) is 0 Å². The minimum Gasteiger partial charge on any atom is -0.394 e. The van der Waals surface area contributed by atoms with Crippen LogP contribution in [0.5, 0.6) is 0 Å². The first-order chi connectivity index (χ1) is 9.97. The SMILES string of the molecule is Cc1cc([N+](=O)[O-])cc(C(=O)NCCCOCCO)c1F. The summed E-state index contributed by atoms with van der Waals surface area (Å²) in [5.74, 6) is -1.48. The molecule has 0 aliphatic rings. The first-order valence-corrected chi connectivity index (χ1v) is 6.38. The van der Waals surface area contributed by atoms with Crippen molar-refractivity contribution in [2.45, 2.75) is 13.3 Å². The fraction of sp³-hybridized carbons (Fsp3) is 0.462. The molecule has 0 aliphatic heterocycles. The van der Waals surface area contributed by atoms with Gasteiger partial charge >= 0.3 is 0 Å². The third kappa shape index (κ3) is 5.09. The number of halogens is 1. The molecule has 0 unspecified atom stereocenters. The number of benzene rings is 1. The third-order valence-electron chi connectivity index (χ3n) is 2.68. The minimum atomic E-state index is -0.769. The highest BCUT2D eigenvalue weighted by molar-refractivity contribution is 5.95. The number of carbonyl (C=O) groups is 1. The molecule has 1 aromatic rings. The second-order valence-electron chi connectivity index (χ2n) is 4.33. The van der Waals surface area contributed by atoms with Gasteiger partial charge in [-0.25, -0.2) is 4.39 Å². The number of aliphatic hydroxyl groups is 1. The Morgan fingerprint density at radius 3 is 2.81 bits per heavy atom. The van der Waals surface area contributed by atoms with Crippen LogP contribution in [-0.2, 0) is 4.74 Å². The standard InChI is InChI=1S/C13H17FN2O5/c1-9-7-10(16(19)20)8-11(12(9)14)13(18)15-3-2-5-21-6-4-17/h7-8,17H,2-6H2,1H3,(H,15,18). The number of nitro benzene ring substituents is 1. The Labute approximate surface area is 120 Å². The molecule has 0 radical (unpaired) electrons. The topological polar surface area (TPSA) is 102 Å². The molecular weight excluding hydrogens is 283 g/mol. The molecular formula is C13H17FN2O5. The third-order valence-corrected chi connectivity index (χ3v) is 2.68. The molecule has 8 heteroatoms. The quantitative estimate of drug-likeness (QED) is 0.426. The first kappa shape index (κ1) is 17.0.